The normalized spacial score (nSPS) is 12.8. The maximum Gasteiger partial charge on any atom is 1.00 e. The summed E-state index contributed by atoms with van der Waals surface area (Å²) in [5.41, 5.74) is 3.01. The minimum absolute atomic E-state index is 0. The Balaban J connectivity index is 0.00000462. The molecule has 0 N–H and O–H groups in total. The quantitative estimate of drug-likeness (QED) is 0.274. The third-order valence-electron chi connectivity index (χ3n) is 7.12. The molecule has 3 aromatic rings. The van der Waals surface area contributed by atoms with Crippen molar-refractivity contribution in [1.82, 2.24) is 19.6 Å². The van der Waals surface area contributed by atoms with Crippen molar-refractivity contribution in [2.45, 2.75) is 39.0 Å². The number of amides is 1. The van der Waals surface area contributed by atoms with Crippen molar-refractivity contribution in [3.05, 3.63) is 59.3 Å². The van der Waals surface area contributed by atoms with E-state index in [1.54, 1.807) is 22.8 Å². The number of ether oxygens (including phenoxy) is 2. The second-order valence-electron chi connectivity index (χ2n) is 11.0. The van der Waals surface area contributed by atoms with Crippen LogP contribution in [-0.2, 0) is 0 Å². The summed E-state index contributed by atoms with van der Waals surface area (Å²) in [6.45, 7) is 6.18. The number of aromatic nitrogens is 2. The zero-order valence-electron chi connectivity index (χ0n) is 25.3. The average molecular weight is 587 g/mol. The zero-order chi connectivity index (χ0) is 29.0. The molecule has 0 spiro atoms. The molecular formula is C31H39KN4O5. The van der Waals surface area contributed by atoms with Gasteiger partial charge in [-0.05, 0) is 93.7 Å². The van der Waals surface area contributed by atoms with E-state index in [2.05, 4.69) is 10.00 Å². The number of methoxy groups -OCH3 is 1. The van der Waals surface area contributed by atoms with Gasteiger partial charge in [0.1, 0.15) is 17.2 Å². The van der Waals surface area contributed by atoms with E-state index in [-0.39, 0.29) is 68.9 Å². The summed E-state index contributed by atoms with van der Waals surface area (Å²) in [7, 11) is 7.40. The number of rotatable bonds is 13. The Morgan fingerprint density at radius 1 is 1.07 bits per heavy atom. The van der Waals surface area contributed by atoms with E-state index in [0.717, 1.165) is 31.4 Å². The van der Waals surface area contributed by atoms with Crippen LogP contribution in [0.25, 0.3) is 16.9 Å². The van der Waals surface area contributed by atoms with E-state index < -0.39 is 5.97 Å². The maximum atomic E-state index is 13.3. The first-order valence-electron chi connectivity index (χ1n) is 13.8. The molecule has 0 atom stereocenters. The summed E-state index contributed by atoms with van der Waals surface area (Å²) in [6, 6.07) is 12.5. The zero-order valence-corrected chi connectivity index (χ0v) is 28.4. The molecule has 1 amide bonds. The number of hydrogen-bond donors (Lipinski definition) is 0. The van der Waals surface area contributed by atoms with Crippen molar-refractivity contribution in [3.63, 3.8) is 0 Å². The van der Waals surface area contributed by atoms with Gasteiger partial charge in [0, 0.05) is 19.2 Å². The van der Waals surface area contributed by atoms with Gasteiger partial charge in [-0.1, -0.05) is 19.9 Å². The molecule has 1 aliphatic rings. The van der Waals surface area contributed by atoms with Crippen LogP contribution in [0.5, 0.6) is 11.5 Å². The van der Waals surface area contributed by atoms with Crippen LogP contribution < -0.4 is 66.0 Å². The fraction of sp³-hybridized carbons (Fsp3) is 0.452. The molecule has 0 aliphatic heterocycles. The van der Waals surface area contributed by atoms with Gasteiger partial charge < -0.3 is 29.2 Å². The smallest absolute Gasteiger partial charge is 0.543 e. The topological polar surface area (TPSA) is 100.0 Å². The third kappa shape index (κ3) is 8.21. The monoisotopic (exact) mass is 586 g/mol. The van der Waals surface area contributed by atoms with Gasteiger partial charge in [0.05, 0.1) is 36.6 Å². The average Bonchev–Trinajstić information content (AvgIpc) is 3.66. The van der Waals surface area contributed by atoms with Crippen LogP contribution in [0.3, 0.4) is 0 Å². The Hall–Kier alpha value is -2.21. The second-order valence-corrected chi connectivity index (χ2v) is 11.0. The Labute approximate surface area is 285 Å². The largest absolute Gasteiger partial charge is 1.00 e. The summed E-state index contributed by atoms with van der Waals surface area (Å²) >= 11 is 0. The molecule has 10 heteroatoms. The van der Waals surface area contributed by atoms with Crippen LogP contribution in [-0.4, -0.2) is 79.4 Å². The third-order valence-corrected chi connectivity index (χ3v) is 7.12. The molecule has 1 heterocycles. The molecule has 1 saturated carbocycles. The minimum Gasteiger partial charge on any atom is -0.543 e. The first-order chi connectivity index (χ1) is 19.1. The number of nitrogens with zero attached hydrogens (tertiary/aromatic N) is 4. The van der Waals surface area contributed by atoms with Crippen LogP contribution in [0.15, 0.2) is 42.5 Å². The summed E-state index contributed by atoms with van der Waals surface area (Å²) in [6.07, 6.45) is 3.15. The van der Waals surface area contributed by atoms with E-state index in [1.807, 2.05) is 65.3 Å². The predicted molar refractivity (Wildman–Crippen MR) is 152 cm³/mol. The fourth-order valence-electron chi connectivity index (χ4n) is 4.68. The number of aromatic carboxylic acids is 1. The van der Waals surface area contributed by atoms with Crippen molar-refractivity contribution in [2.75, 3.05) is 47.9 Å². The molecule has 9 nitrogen and oxygen atoms in total. The van der Waals surface area contributed by atoms with E-state index >= 15 is 0 Å². The van der Waals surface area contributed by atoms with Crippen LogP contribution in [0.4, 0.5) is 0 Å². The van der Waals surface area contributed by atoms with Crippen LogP contribution in [0, 0.1) is 5.92 Å². The number of benzene rings is 2. The summed E-state index contributed by atoms with van der Waals surface area (Å²) < 4.78 is 13.5. The summed E-state index contributed by atoms with van der Waals surface area (Å²) in [4.78, 5) is 29.0. The van der Waals surface area contributed by atoms with Crippen LogP contribution >= 0.6 is 0 Å². The molecular weight excluding hydrogens is 547 g/mol. The van der Waals surface area contributed by atoms with Crippen molar-refractivity contribution in [1.29, 1.82) is 0 Å². The predicted octanol–water partition coefficient (Wildman–Crippen LogP) is 0.851. The standard InChI is InChI=1S/C31H40N4O5.K/c1-20(2)23-17-22(30(36)34(5)16-8-15-33(3)4)13-14-25(23)35-26(18-24(32-35)31(37)38)29-27(39-6)9-7-10-28(29)40-19-21-11-12-21;/h7,9-10,13-14,17-18,20-21H,8,11-12,15-16,19H2,1-6H3,(H,37,38);/q;+1/p-1. The van der Waals surface area contributed by atoms with Crippen molar-refractivity contribution < 1.29 is 75.6 Å². The molecule has 0 bridgehead atoms. The van der Waals surface area contributed by atoms with Gasteiger partial charge in [-0.3, -0.25) is 4.79 Å². The summed E-state index contributed by atoms with van der Waals surface area (Å²) in [5, 5.41) is 16.4. The number of carboxylic acids is 1. The van der Waals surface area contributed by atoms with Gasteiger partial charge in [0.15, 0.2) is 0 Å². The number of hydrogen-bond acceptors (Lipinski definition) is 7. The minimum atomic E-state index is -1.38. The Morgan fingerprint density at radius 3 is 2.39 bits per heavy atom. The van der Waals surface area contributed by atoms with Gasteiger partial charge in [-0.15, -0.1) is 0 Å². The van der Waals surface area contributed by atoms with Crippen molar-refractivity contribution in [2.24, 2.45) is 5.92 Å². The van der Waals surface area contributed by atoms with E-state index in [4.69, 9.17) is 9.47 Å². The molecule has 2 aromatic carbocycles. The SMILES string of the molecule is COc1cccc(OCC2CC2)c1-c1cc(C(=O)[O-])nn1-c1ccc(C(=O)N(C)CCCN(C)C)cc1C(C)C.[K+]. The van der Waals surface area contributed by atoms with Gasteiger partial charge >= 0.3 is 51.4 Å². The second kappa shape index (κ2) is 14.8. The molecule has 4 rings (SSSR count). The Bertz CT molecular complexity index is 1370. The summed E-state index contributed by atoms with van der Waals surface area (Å²) in [5.74, 6) is 0.234. The molecule has 0 unspecified atom stereocenters. The van der Waals surface area contributed by atoms with E-state index in [9.17, 15) is 14.7 Å². The Kier molecular flexibility index (Phi) is 12.0. The van der Waals surface area contributed by atoms with Crippen LogP contribution in [0.2, 0.25) is 0 Å². The first-order valence-corrected chi connectivity index (χ1v) is 13.8. The molecule has 41 heavy (non-hydrogen) atoms. The fourth-order valence-corrected chi connectivity index (χ4v) is 4.68. The van der Waals surface area contributed by atoms with Gasteiger partial charge in [-0.25, -0.2) is 4.68 Å². The number of carbonyl (C=O) groups excluding carboxylic acids is 2. The van der Waals surface area contributed by atoms with Gasteiger partial charge in [0.2, 0.25) is 0 Å². The van der Waals surface area contributed by atoms with Crippen LogP contribution in [0.1, 0.15) is 65.4 Å². The van der Waals surface area contributed by atoms with Crippen molar-refractivity contribution in [3.8, 4) is 28.4 Å². The molecule has 1 fully saturated rings. The molecule has 1 aromatic heterocycles. The molecule has 214 valence electrons. The van der Waals surface area contributed by atoms with Crippen molar-refractivity contribution >= 4 is 11.9 Å². The van der Waals surface area contributed by atoms with E-state index in [0.29, 0.717) is 53.1 Å². The van der Waals surface area contributed by atoms with E-state index in [1.165, 1.54) is 6.07 Å². The Morgan fingerprint density at radius 2 is 1.78 bits per heavy atom. The van der Waals surface area contributed by atoms with Gasteiger partial charge in [-0.2, -0.15) is 5.10 Å². The molecule has 0 saturated heterocycles. The first kappa shape index (κ1) is 33.3. The maximum absolute atomic E-state index is 13.3. The van der Waals surface area contributed by atoms with Gasteiger partial charge in [0.25, 0.3) is 5.91 Å². The molecule has 0 radical (unpaired) electrons. The number of carbonyl (C=O) groups is 2. The molecule has 1 aliphatic carbocycles. The number of carboxylic acid groups (broad SMARTS) is 1.